The van der Waals surface area contributed by atoms with Gasteiger partial charge in [-0.05, 0) is 64.2 Å². The average molecular weight is 329 g/mol. The standard InChI is InChI=1S/C19H28BNO3/c1-14(13-22)12-15(2)21(7)17-10-8-16(9-11-17)20-23-18(3,4)19(5,6)24-20/h8-11,13,15H,1,12H2,2-7H3. The molecule has 0 radical (unpaired) electrons. The Morgan fingerprint density at radius 3 is 2.17 bits per heavy atom. The van der Waals surface area contributed by atoms with Crippen molar-refractivity contribution in [2.24, 2.45) is 0 Å². The van der Waals surface area contributed by atoms with Gasteiger partial charge in [0, 0.05) is 18.8 Å². The molecule has 1 atom stereocenters. The summed E-state index contributed by atoms with van der Waals surface area (Å²) in [4.78, 5) is 12.9. The van der Waals surface area contributed by atoms with E-state index in [1.807, 2.05) is 19.2 Å². The molecule has 4 nitrogen and oxygen atoms in total. The SMILES string of the molecule is C=C(C=O)CC(C)N(C)c1ccc(B2OC(C)(C)C(C)(C)O2)cc1. The number of aldehydes is 1. The van der Waals surface area contributed by atoms with Crippen molar-refractivity contribution in [3.8, 4) is 0 Å². The fraction of sp³-hybridized carbons (Fsp3) is 0.526. The average Bonchev–Trinajstić information content (AvgIpc) is 2.74. The van der Waals surface area contributed by atoms with Crippen molar-refractivity contribution in [2.75, 3.05) is 11.9 Å². The van der Waals surface area contributed by atoms with Gasteiger partial charge in [0.2, 0.25) is 0 Å². The van der Waals surface area contributed by atoms with Gasteiger partial charge in [-0.1, -0.05) is 18.7 Å². The quantitative estimate of drug-likeness (QED) is 0.457. The van der Waals surface area contributed by atoms with Crippen LogP contribution in [0.3, 0.4) is 0 Å². The molecule has 24 heavy (non-hydrogen) atoms. The fourth-order valence-electron chi connectivity index (χ4n) is 2.66. The van der Waals surface area contributed by atoms with Gasteiger partial charge in [0.1, 0.15) is 6.29 Å². The van der Waals surface area contributed by atoms with Crippen molar-refractivity contribution in [2.45, 2.75) is 58.3 Å². The van der Waals surface area contributed by atoms with Crippen LogP contribution in [0.15, 0.2) is 36.4 Å². The van der Waals surface area contributed by atoms with Gasteiger partial charge in [-0.15, -0.1) is 0 Å². The Morgan fingerprint density at radius 1 is 1.21 bits per heavy atom. The summed E-state index contributed by atoms with van der Waals surface area (Å²) in [5.74, 6) is 0. The monoisotopic (exact) mass is 329 g/mol. The predicted molar refractivity (Wildman–Crippen MR) is 99.8 cm³/mol. The number of rotatable bonds is 6. The van der Waals surface area contributed by atoms with Gasteiger partial charge >= 0.3 is 7.12 Å². The van der Waals surface area contributed by atoms with E-state index >= 15 is 0 Å². The lowest BCUT2D eigenvalue weighted by atomic mass is 9.79. The Kier molecular flexibility index (Phi) is 5.26. The molecule has 0 saturated carbocycles. The Balaban J connectivity index is 2.09. The van der Waals surface area contributed by atoms with E-state index in [0.717, 1.165) is 17.4 Å². The van der Waals surface area contributed by atoms with Crippen LogP contribution in [0, 0.1) is 0 Å². The first kappa shape index (κ1) is 18.7. The smallest absolute Gasteiger partial charge is 0.399 e. The molecular formula is C19H28BNO3. The molecule has 0 aliphatic carbocycles. The zero-order chi connectivity index (χ0) is 18.1. The number of nitrogens with zero attached hydrogens (tertiary/aromatic N) is 1. The second-order valence-corrected chi connectivity index (χ2v) is 7.62. The van der Waals surface area contributed by atoms with E-state index in [2.05, 4.69) is 58.2 Å². The Hall–Kier alpha value is -1.59. The molecule has 130 valence electrons. The number of carbonyl (C=O) groups is 1. The highest BCUT2D eigenvalue weighted by Crippen LogP contribution is 2.36. The molecule has 5 heteroatoms. The number of hydrogen-bond acceptors (Lipinski definition) is 4. The lowest BCUT2D eigenvalue weighted by Crippen LogP contribution is -2.41. The zero-order valence-electron chi connectivity index (χ0n) is 15.6. The maximum Gasteiger partial charge on any atom is 0.494 e. The van der Waals surface area contributed by atoms with Crippen LogP contribution in [-0.2, 0) is 14.1 Å². The molecule has 1 saturated heterocycles. The zero-order valence-corrected chi connectivity index (χ0v) is 15.6. The van der Waals surface area contributed by atoms with Crippen LogP contribution in [0.5, 0.6) is 0 Å². The van der Waals surface area contributed by atoms with E-state index < -0.39 is 0 Å². The first-order chi connectivity index (χ1) is 11.1. The van der Waals surface area contributed by atoms with Crippen molar-refractivity contribution >= 4 is 24.6 Å². The highest BCUT2D eigenvalue weighted by Gasteiger charge is 2.51. The van der Waals surface area contributed by atoms with Crippen molar-refractivity contribution in [1.82, 2.24) is 0 Å². The Labute approximate surface area is 146 Å². The van der Waals surface area contributed by atoms with E-state index in [1.165, 1.54) is 0 Å². The van der Waals surface area contributed by atoms with E-state index in [4.69, 9.17) is 9.31 Å². The Morgan fingerprint density at radius 2 is 1.71 bits per heavy atom. The molecule has 0 amide bonds. The maximum atomic E-state index is 10.8. The third-order valence-corrected chi connectivity index (χ3v) is 5.21. The van der Waals surface area contributed by atoms with Crippen LogP contribution < -0.4 is 10.4 Å². The fourth-order valence-corrected chi connectivity index (χ4v) is 2.66. The summed E-state index contributed by atoms with van der Waals surface area (Å²) in [6.45, 7) is 14.0. The molecule has 0 aromatic heterocycles. The van der Waals surface area contributed by atoms with Gasteiger partial charge in [0.05, 0.1) is 11.2 Å². The van der Waals surface area contributed by atoms with Crippen LogP contribution in [0.4, 0.5) is 5.69 Å². The minimum absolute atomic E-state index is 0.199. The van der Waals surface area contributed by atoms with Gasteiger partial charge in [0.15, 0.2) is 0 Å². The molecule has 0 N–H and O–H groups in total. The molecule has 1 aliphatic rings. The van der Waals surface area contributed by atoms with Crippen LogP contribution in [0.2, 0.25) is 0 Å². The molecule has 0 bridgehead atoms. The number of hydrogen-bond donors (Lipinski definition) is 0. The second kappa shape index (κ2) is 6.73. The number of benzene rings is 1. The number of anilines is 1. The van der Waals surface area contributed by atoms with Gasteiger partial charge in [0.25, 0.3) is 0 Å². The van der Waals surface area contributed by atoms with Crippen LogP contribution >= 0.6 is 0 Å². The maximum absolute atomic E-state index is 10.8. The van der Waals surface area contributed by atoms with E-state index in [9.17, 15) is 4.79 Å². The second-order valence-electron chi connectivity index (χ2n) is 7.62. The molecule has 1 aliphatic heterocycles. The normalized spacial score (nSPS) is 19.8. The predicted octanol–water partition coefficient (Wildman–Crippen LogP) is 2.96. The van der Waals surface area contributed by atoms with Crippen molar-refractivity contribution in [3.63, 3.8) is 0 Å². The highest BCUT2D eigenvalue weighted by molar-refractivity contribution is 6.62. The van der Waals surface area contributed by atoms with Crippen molar-refractivity contribution in [1.29, 1.82) is 0 Å². The molecule has 1 heterocycles. The van der Waals surface area contributed by atoms with Gasteiger partial charge < -0.3 is 14.2 Å². The first-order valence-electron chi connectivity index (χ1n) is 8.39. The minimum Gasteiger partial charge on any atom is -0.399 e. The van der Waals surface area contributed by atoms with Crippen molar-refractivity contribution < 1.29 is 14.1 Å². The molecule has 1 unspecified atom stereocenters. The lowest BCUT2D eigenvalue weighted by molar-refractivity contribution is -0.105. The third-order valence-electron chi connectivity index (χ3n) is 5.21. The van der Waals surface area contributed by atoms with Crippen LogP contribution in [0.25, 0.3) is 0 Å². The van der Waals surface area contributed by atoms with Gasteiger partial charge in [-0.2, -0.15) is 0 Å². The Bertz CT molecular complexity index is 594. The summed E-state index contributed by atoms with van der Waals surface area (Å²) in [5, 5.41) is 0. The summed E-state index contributed by atoms with van der Waals surface area (Å²) in [6, 6.07) is 8.39. The largest absolute Gasteiger partial charge is 0.494 e. The lowest BCUT2D eigenvalue weighted by Gasteiger charge is -2.32. The molecular weight excluding hydrogens is 301 g/mol. The van der Waals surface area contributed by atoms with Crippen molar-refractivity contribution in [3.05, 3.63) is 36.4 Å². The molecule has 1 aromatic rings. The molecule has 1 aromatic carbocycles. The van der Waals surface area contributed by atoms with Gasteiger partial charge in [-0.3, -0.25) is 4.79 Å². The summed E-state index contributed by atoms with van der Waals surface area (Å²) >= 11 is 0. The molecule has 1 fully saturated rings. The minimum atomic E-state index is -0.346. The molecule has 2 rings (SSSR count). The summed E-state index contributed by atoms with van der Waals surface area (Å²) < 4.78 is 12.2. The topological polar surface area (TPSA) is 38.8 Å². The third kappa shape index (κ3) is 3.73. The van der Waals surface area contributed by atoms with E-state index in [-0.39, 0.29) is 24.4 Å². The summed E-state index contributed by atoms with van der Waals surface area (Å²) in [7, 11) is 1.67. The highest BCUT2D eigenvalue weighted by atomic mass is 16.7. The first-order valence-corrected chi connectivity index (χ1v) is 8.39. The number of carbonyl (C=O) groups excluding carboxylic acids is 1. The van der Waals surface area contributed by atoms with Crippen LogP contribution in [0.1, 0.15) is 41.0 Å². The van der Waals surface area contributed by atoms with E-state index in [1.54, 1.807) is 0 Å². The van der Waals surface area contributed by atoms with Crippen LogP contribution in [-0.4, -0.2) is 37.7 Å². The molecule has 0 spiro atoms. The summed E-state index contributed by atoms with van der Waals surface area (Å²) in [5.41, 5.74) is 2.04. The van der Waals surface area contributed by atoms with E-state index in [0.29, 0.717) is 12.0 Å². The summed E-state index contributed by atoms with van der Waals surface area (Å²) in [6.07, 6.45) is 1.48. The van der Waals surface area contributed by atoms with Gasteiger partial charge in [-0.25, -0.2) is 0 Å².